The second-order valence-corrected chi connectivity index (χ2v) is 4.53. The number of hydrogen-bond acceptors (Lipinski definition) is 2. The van der Waals surface area contributed by atoms with Crippen LogP contribution in [0.25, 0.3) is 0 Å². The van der Waals surface area contributed by atoms with Crippen molar-refractivity contribution < 1.29 is 0 Å². The van der Waals surface area contributed by atoms with Crippen LogP contribution in [-0.2, 0) is 0 Å². The summed E-state index contributed by atoms with van der Waals surface area (Å²) in [4.78, 5) is 5.60. The van der Waals surface area contributed by atoms with Gasteiger partial charge in [-0.25, -0.2) is 0 Å². The monoisotopic (exact) mass is 201 g/mol. The molecule has 1 aliphatic rings. The molecule has 6 heteroatoms. The van der Waals surface area contributed by atoms with Gasteiger partial charge in [0.1, 0.15) is 0 Å². The first kappa shape index (κ1) is 10.2. The molecular formula is C7H15N5S. The molecule has 1 atom stereocenters. The van der Waals surface area contributed by atoms with Gasteiger partial charge >= 0.3 is 0 Å². The number of aliphatic imine (C=N–C) groups is 1. The van der Waals surface area contributed by atoms with Crippen molar-refractivity contribution in [1.82, 2.24) is 4.90 Å². The Morgan fingerprint density at radius 1 is 1.62 bits per heavy atom. The Morgan fingerprint density at radius 2 is 2.31 bits per heavy atom. The Kier molecular flexibility index (Phi) is 3.41. The SMILES string of the molecule is CC1CN(C(=N)N=C(N)N)CCS1. The molecule has 1 aliphatic heterocycles. The molecule has 1 rings (SSSR count). The average molecular weight is 201 g/mol. The van der Waals surface area contributed by atoms with Gasteiger partial charge < -0.3 is 16.4 Å². The van der Waals surface area contributed by atoms with Gasteiger partial charge in [-0.1, -0.05) is 6.92 Å². The minimum atomic E-state index is -0.0455. The van der Waals surface area contributed by atoms with E-state index < -0.39 is 0 Å². The van der Waals surface area contributed by atoms with Crippen LogP contribution in [0.3, 0.4) is 0 Å². The fourth-order valence-corrected chi connectivity index (χ4v) is 2.22. The zero-order valence-corrected chi connectivity index (χ0v) is 8.47. The van der Waals surface area contributed by atoms with Crippen LogP contribution in [0, 0.1) is 5.41 Å². The molecule has 0 spiro atoms. The molecule has 0 aliphatic carbocycles. The maximum Gasteiger partial charge on any atom is 0.221 e. The highest BCUT2D eigenvalue weighted by atomic mass is 32.2. The highest BCUT2D eigenvalue weighted by Crippen LogP contribution is 2.17. The molecule has 1 heterocycles. The van der Waals surface area contributed by atoms with E-state index in [1.165, 1.54) is 0 Å². The molecule has 5 nitrogen and oxygen atoms in total. The maximum absolute atomic E-state index is 7.57. The van der Waals surface area contributed by atoms with Crippen LogP contribution < -0.4 is 11.5 Å². The van der Waals surface area contributed by atoms with Crippen molar-refractivity contribution in [2.75, 3.05) is 18.8 Å². The first-order valence-electron chi connectivity index (χ1n) is 4.14. The second-order valence-electron chi connectivity index (χ2n) is 2.99. The van der Waals surface area contributed by atoms with Gasteiger partial charge in [-0.05, 0) is 0 Å². The summed E-state index contributed by atoms with van der Waals surface area (Å²) in [5.41, 5.74) is 10.4. The summed E-state index contributed by atoms with van der Waals surface area (Å²) >= 11 is 1.91. The predicted molar refractivity (Wildman–Crippen MR) is 57.0 cm³/mol. The molecule has 13 heavy (non-hydrogen) atoms. The summed E-state index contributed by atoms with van der Waals surface area (Å²) in [5.74, 6) is 1.16. The van der Waals surface area contributed by atoms with Crippen molar-refractivity contribution in [3.05, 3.63) is 0 Å². The first-order chi connectivity index (χ1) is 6.09. The molecule has 0 aromatic rings. The van der Waals surface area contributed by atoms with Gasteiger partial charge in [0.2, 0.25) is 5.96 Å². The highest BCUT2D eigenvalue weighted by molar-refractivity contribution is 7.99. The van der Waals surface area contributed by atoms with Crippen LogP contribution in [0.2, 0.25) is 0 Å². The van der Waals surface area contributed by atoms with Crippen molar-refractivity contribution >= 4 is 23.7 Å². The second kappa shape index (κ2) is 4.36. The lowest BCUT2D eigenvalue weighted by atomic mass is 10.4. The Morgan fingerprint density at radius 3 is 2.85 bits per heavy atom. The number of thioether (sulfide) groups is 1. The third kappa shape index (κ3) is 3.14. The lowest BCUT2D eigenvalue weighted by Gasteiger charge is -2.30. The molecule has 74 valence electrons. The van der Waals surface area contributed by atoms with Gasteiger partial charge in [-0.3, -0.25) is 5.41 Å². The van der Waals surface area contributed by atoms with Crippen LogP contribution in [-0.4, -0.2) is 40.9 Å². The summed E-state index contributed by atoms with van der Waals surface area (Å²) in [6.07, 6.45) is 0. The average Bonchev–Trinajstić information content (AvgIpc) is 2.03. The van der Waals surface area contributed by atoms with Crippen LogP contribution in [0.5, 0.6) is 0 Å². The summed E-state index contributed by atoms with van der Waals surface area (Å²) < 4.78 is 0. The number of hydrogen-bond donors (Lipinski definition) is 3. The molecule has 1 fully saturated rings. The van der Waals surface area contributed by atoms with Gasteiger partial charge in [0.25, 0.3) is 0 Å². The third-order valence-electron chi connectivity index (χ3n) is 1.78. The fraction of sp³-hybridized carbons (Fsp3) is 0.714. The van der Waals surface area contributed by atoms with E-state index >= 15 is 0 Å². The first-order valence-corrected chi connectivity index (χ1v) is 5.19. The predicted octanol–water partition coefficient (Wildman–Crippen LogP) is -0.368. The standard InChI is InChI=1S/C7H15N5S/c1-5-4-12(2-3-13-5)7(10)11-6(8)9/h5H,2-4H2,1H3,(H5,8,9,10,11). The van der Waals surface area contributed by atoms with Gasteiger partial charge in [0.05, 0.1) is 0 Å². The van der Waals surface area contributed by atoms with Gasteiger partial charge in [0, 0.05) is 24.1 Å². The summed E-state index contributed by atoms with van der Waals surface area (Å²) in [7, 11) is 0. The molecule has 1 saturated heterocycles. The summed E-state index contributed by atoms with van der Waals surface area (Å²) in [6, 6.07) is 0. The smallest absolute Gasteiger partial charge is 0.221 e. The Bertz CT molecular complexity index is 223. The fourth-order valence-electron chi connectivity index (χ4n) is 1.20. The third-order valence-corrected chi connectivity index (χ3v) is 2.91. The molecule has 5 N–H and O–H groups in total. The Balaban J connectivity index is 2.51. The molecular weight excluding hydrogens is 186 g/mol. The summed E-state index contributed by atoms with van der Waals surface area (Å²) in [5, 5.41) is 8.12. The minimum Gasteiger partial charge on any atom is -0.370 e. The van der Waals surface area contributed by atoms with Gasteiger partial charge in [-0.15, -0.1) is 0 Å². The molecule has 0 saturated carbocycles. The zero-order valence-electron chi connectivity index (χ0n) is 7.66. The normalized spacial score (nSPS) is 22.5. The molecule has 1 unspecified atom stereocenters. The zero-order chi connectivity index (χ0) is 9.84. The summed E-state index contributed by atoms with van der Waals surface area (Å²) in [6.45, 7) is 3.84. The van der Waals surface area contributed by atoms with Crippen molar-refractivity contribution in [2.24, 2.45) is 16.5 Å². The topological polar surface area (TPSA) is 91.5 Å². The van der Waals surface area contributed by atoms with Gasteiger partial charge in [-0.2, -0.15) is 16.8 Å². The van der Waals surface area contributed by atoms with E-state index in [2.05, 4.69) is 11.9 Å². The van der Waals surface area contributed by atoms with E-state index in [1.54, 1.807) is 0 Å². The van der Waals surface area contributed by atoms with Crippen molar-refractivity contribution in [1.29, 1.82) is 5.41 Å². The molecule has 0 bridgehead atoms. The Labute approximate surface area is 82.1 Å². The number of nitrogens with two attached hydrogens (primary N) is 2. The van der Waals surface area contributed by atoms with Crippen LogP contribution >= 0.6 is 11.8 Å². The van der Waals surface area contributed by atoms with E-state index in [0.717, 1.165) is 18.8 Å². The van der Waals surface area contributed by atoms with Crippen LogP contribution in [0.4, 0.5) is 0 Å². The minimum absolute atomic E-state index is 0.0455. The van der Waals surface area contributed by atoms with Crippen molar-refractivity contribution in [3.63, 3.8) is 0 Å². The lowest BCUT2D eigenvalue weighted by Crippen LogP contribution is -2.41. The number of rotatable bonds is 0. The van der Waals surface area contributed by atoms with E-state index in [-0.39, 0.29) is 11.9 Å². The lowest BCUT2D eigenvalue weighted by molar-refractivity contribution is 0.428. The van der Waals surface area contributed by atoms with Crippen LogP contribution in [0.15, 0.2) is 4.99 Å². The van der Waals surface area contributed by atoms with Crippen molar-refractivity contribution in [3.8, 4) is 0 Å². The van der Waals surface area contributed by atoms with E-state index in [4.69, 9.17) is 16.9 Å². The highest BCUT2D eigenvalue weighted by Gasteiger charge is 2.18. The van der Waals surface area contributed by atoms with E-state index in [9.17, 15) is 0 Å². The van der Waals surface area contributed by atoms with E-state index in [0.29, 0.717) is 5.25 Å². The number of guanidine groups is 2. The quantitative estimate of drug-likeness (QED) is 0.368. The number of nitrogens with zero attached hydrogens (tertiary/aromatic N) is 2. The molecule has 0 radical (unpaired) electrons. The number of nitrogens with one attached hydrogen (secondary N) is 1. The Hall–Kier alpha value is -0.910. The van der Waals surface area contributed by atoms with Crippen molar-refractivity contribution in [2.45, 2.75) is 12.2 Å². The van der Waals surface area contributed by atoms with E-state index in [1.807, 2.05) is 16.7 Å². The van der Waals surface area contributed by atoms with Crippen LogP contribution in [0.1, 0.15) is 6.92 Å². The molecule has 0 aromatic heterocycles. The molecule has 0 aromatic carbocycles. The molecule has 0 amide bonds. The largest absolute Gasteiger partial charge is 0.370 e. The maximum atomic E-state index is 7.57. The van der Waals surface area contributed by atoms with Gasteiger partial charge in [0.15, 0.2) is 5.96 Å².